The highest BCUT2D eigenvalue weighted by Crippen LogP contribution is 2.18. The first-order valence-corrected chi connectivity index (χ1v) is 7.29. The molecule has 5 heteroatoms. The van der Waals surface area contributed by atoms with Gasteiger partial charge >= 0.3 is 0 Å². The predicted octanol–water partition coefficient (Wildman–Crippen LogP) is 1.44. The Balaban J connectivity index is 1.53. The highest BCUT2D eigenvalue weighted by molar-refractivity contribution is 5.79. The molecule has 1 amide bonds. The van der Waals surface area contributed by atoms with E-state index in [9.17, 15) is 4.79 Å². The van der Waals surface area contributed by atoms with Gasteiger partial charge in [0.2, 0.25) is 5.91 Å². The van der Waals surface area contributed by atoms with Crippen molar-refractivity contribution >= 4 is 16.8 Å². The van der Waals surface area contributed by atoms with E-state index in [1.54, 1.807) is 6.20 Å². The first-order valence-electron chi connectivity index (χ1n) is 7.29. The first-order chi connectivity index (χ1) is 10.3. The largest absolute Gasteiger partial charge is 0.493 e. The summed E-state index contributed by atoms with van der Waals surface area (Å²) in [5.41, 5.74) is 0.906. The Hall–Kier alpha value is -2.14. The Morgan fingerprint density at radius 2 is 2.14 bits per heavy atom. The average Bonchev–Trinajstić information content (AvgIpc) is 2.55. The molecule has 0 atom stereocenters. The molecule has 0 radical (unpaired) electrons. The van der Waals surface area contributed by atoms with E-state index >= 15 is 0 Å². The number of rotatable bonds is 4. The second kappa shape index (κ2) is 6.54. The van der Waals surface area contributed by atoms with Crippen LogP contribution in [-0.2, 0) is 4.79 Å². The quantitative estimate of drug-likeness (QED) is 0.923. The van der Waals surface area contributed by atoms with Crippen molar-refractivity contribution in [2.75, 3.05) is 32.8 Å². The lowest BCUT2D eigenvalue weighted by Gasteiger charge is -2.27. The molecule has 0 spiro atoms. The van der Waals surface area contributed by atoms with E-state index in [2.05, 4.69) is 10.3 Å². The van der Waals surface area contributed by atoms with Gasteiger partial charge in [-0.1, -0.05) is 6.07 Å². The number of fused-ring (bicyclic) bond motifs is 1. The third-order valence-electron chi connectivity index (χ3n) is 3.63. The summed E-state index contributed by atoms with van der Waals surface area (Å²) in [7, 11) is 0. The van der Waals surface area contributed by atoms with E-state index in [0.29, 0.717) is 13.0 Å². The molecule has 2 aromatic rings. The number of carbonyl (C=O) groups is 1. The van der Waals surface area contributed by atoms with Gasteiger partial charge in [-0.15, -0.1) is 0 Å². The van der Waals surface area contributed by atoms with Crippen molar-refractivity contribution in [3.05, 3.63) is 36.5 Å². The van der Waals surface area contributed by atoms with E-state index in [0.717, 1.165) is 42.8 Å². The number of amides is 1. The van der Waals surface area contributed by atoms with Crippen LogP contribution in [0.15, 0.2) is 36.5 Å². The molecule has 0 unspecified atom stereocenters. The van der Waals surface area contributed by atoms with Crippen molar-refractivity contribution in [1.29, 1.82) is 0 Å². The number of nitrogens with zero attached hydrogens (tertiary/aromatic N) is 2. The molecule has 5 nitrogen and oxygen atoms in total. The second-order valence-corrected chi connectivity index (χ2v) is 5.09. The molecule has 1 aromatic heterocycles. The minimum Gasteiger partial charge on any atom is -0.493 e. The standard InChI is InChI=1S/C16H19N3O2/c20-16(19-9-7-17-8-10-19)5-11-21-14-4-3-13-2-1-6-18-15(13)12-14/h1-4,6,12,17H,5,7-11H2. The molecule has 0 bridgehead atoms. The number of hydrogen-bond acceptors (Lipinski definition) is 4. The Bertz CT molecular complexity index is 624. The third kappa shape index (κ3) is 3.49. The van der Waals surface area contributed by atoms with Crippen LogP contribution >= 0.6 is 0 Å². The normalized spacial score (nSPS) is 15.1. The van der Waals surface area contributed by atoms with E-state index in [4.69, 9.17) is 4.74 Å². The molecule has 1 aliphatic heterocycles. The summed E-state index contributed by atoms with van der Waals surface area (Å²) in [4.78, 5) is 18.2. The van der Waals surface area contributed by atoms with Crippen LogP contribution in [0.25, 0.3) is 10.9 Å². The summed E-state index contributed by atoms with van der Waals surface area (Å²) in [6.45, 7) is 3.74. The zero-order chi connectivity index (χ0) is 14.5. The highest BCUT2D eigenvalue weighted by Gasteiger charge is 2.15. The Kier molecular flexibility index (Phi) is 4.31. The van der Waals surface area contributed by atoms with Crippen LogP contribution in [0.3, 0.4) is 0 Å². The summed E-state index contributed by atoms with van der Waals surface area (Å²) >= 11 is 0. The molecular formula is C16H19N3O2. The molecular weight excluding hydrogens is 266 g/mol. The van der Waals surface area contributed by atoms with Crippen molar-refractivity contribution in [2.24, 2.45) is 0 Å². The number of benzene rings is 1. The van der Waals surface area contributed by atoms with E-state index in [1.807, 2.05) is 35.2 Å². The molecule has 1 fully saturated rings. The van der Waals surface area contributed by atoms with Crippen LogP contribution in [0.2, 0.25) is 0 Å². The van der Waals surface area contributed by atoms with E-state index in [-0.39, 0.29) is 5.91 Å². The zero-order valence-electron chi connectivity index (χ0n) is 11.9. The highest BCUT2D eigenvalue weighted by atomic mass is 16.5. The topological polar surface area (TPSA) is 54.5 Å². The molecule has 0 saturated carbocycles. The Morgan fingerprint density at radius 1 is 1.29 bits per heavy atom. The Morgan fingerprint density at radius 3 is 3.00 bits per heavy atom. The number of hydrogen-bond donors (Lipinski definition) is 1. The number of aromatic nitrogens is 1. The zero-order valence-corrected chi connectivity index (χ0v) is 11.9. The van der Waals surface area contributed by atoms with Gasteiger partial charge < -0.3 is 15.0 Å². The van der Waals surface area contributed by atoms with Crippen molar-refractivity contribution in [3.63, 3.8) is 0 Å². The van der Waals surface area contributed by atoms with Gasteiger partial charge in [-0.05, 0) is 18.2 Å². The van der Waals surface area contributed by atoms with Gasteiger partial charge in [0.25, 0.3) is 0 Å². The maximum Gasteiger partial charge on any atom is 0.226 e. The van der Waals surface area contributed by atoms with Crippen molar-refractivity contribution in [2.45, 2.75) is 6.42 Å². The molecule has 2 heterocycles. The molecule has 0 aliphatic carbocycles. The molecule has 110 valence electrons. The number of carbonyl (C=O) groups excluding carboxylic acids is 1. The predicted molar refractivity (Wildman–Crippen MR) is 81.3 cm³/mol. The van der Waals surface area contributed by atoms with E-state index < -0.39 is 0 Å². The SMILES string of the molecule is O=C(CCOc1ccc2cccnc2c1)N1CCNCC1. The second-order valence-electron chi connectivity index (χ2n) is 5.09. The smallest absolute Gasteiger partial charge is 0.226 e. The maximum absolute atomic E-state index is 12.0. The lowest BCUT2D eigenvalue weighted by molar-refractivity contribution is -0.132. The molecule has 3 rings (SSSR count). The molecule has 1 aromatic carbocycles. The van der Waals surface area contributed by atoms with Crippen LogP contribution in [0.1, 0.15) is 6.42 Å². The fraction of sp³-hybridized carbons (Fsp3) is 0.375. The van der Waals surface area contributed by atoms with Gasteiger partial charge in [-0.2, -0.15) is 0 Å². The number of piperazine rings is 1. The maximum atomic E-state index is 12.0. The van der Waals surface area contributed by atoms with Gasteiger partial charge in [0.15, 0.2) is 0 Å². The lowest BCUT2D eigenvalue weighted by Crippen LogP contribution is -2.46. The fourth-order valence-corrected chi connectivity index (χ4v) is 2.46. The summed E-state index contributed by atoms with van der Waals surface area (Å²) in [5, 5.41) is 4.32. The van der Waals surface area contributed by atoms with Gasteiger partial charge in [-0.25, -0.2) is 0 Å². The van der Waals surface area contributed by atoms with Crippen LogP contribution in [0, 0.1) is 0 Å². The van der Waals surface area contributed by atoms with Crippen molar-refractivity contribution in [1.82, 2.24) is 15.2 Å². The summed E-state index contributed by atoms with van der Waals surface area (Å²) in [5.74, 6) is 0.921. The Labute approximate surface area is 123 Å². The van der Waals surface area contributed by atoms with Gasteiger partial charge in [0, 0.05) is 43.8 Å². The van der Waals surface area contributed by atoms with Gasteiger partial charge in [0.05, 0.1) is 18.5 Å². The first kappa shape index (κ1) is 13.8. The van der Waals surface area contributed by atoms with Crippen LogP contribution in [0.4, 0.5) is 0 Å². The number of pyridine rings is 1. The molecule has 21 heavy (non-hydrogen) atoms. The number of nitrogens with one attached hydrogen (secondary N) is 1. The van der Waals surface area contributed by atoms with Crippen molar-refractivity contribution in [3.8, 4) is 5.75 Å². The van der Waals surface area contributed by atoms with Gasteiger partial charge in [0.1, 0.15) is 5.75 Å². The third-order valence-corrected chi connectivity index (χ3v) is 3.63. The summed E-state index contributed by atoms with van der Waals surface area (Å²) in [6.07, 6.45) is 2.18. The monoisotopic (exact) mass is 285 g/mol. The fourth-order valence-electron chi connectivity index (χ4n) is 2.46. The van der Waals surface area contributed by atoms with Gasteiger partial charge in [-0.3, -0.25) is 9.78 Å². The van der Waals surface area contributed by atoms with Crippen LogP contribution < -0.4 is 10.1 Å². The minimum absolute atomic E-state index is 0.162. The van der Waals surface area contributed by atoms with E-state index in [1.165, 1.54) is 0 Å². The molecule has 1 N–H and O–H groups in total. The summed E-state index contributed by atoms with van der Waals surface area (Å²) in [6, 6.07) is 9.73. The van der Waals surface area contributed by atoms with Crippen LogP contribution in [0.5, 0.6) is 5.75 Å². The van der Waals surface area contributed by atoms with Crippen LogP contribution in [-0.4, -0.2) is 48.6 Å². The average molecular weight is 285 g/mol. The molecule has 1 saturated heterocycles. The van der Waals surface area contributed by atoms with Crippen molar-refractivity contribution < 1.29 is 9.53 Å². The minimum atomic E-state index is 0.162. The number of ether oxygens (including phenoxy) is 1. The summed E-state index contributed by atoms with van der Waals surface area (Å²) < 4.78 is 5.67. The molecule has 1 aliphatic rings. The lowest BCUT2D eigenvalue weighted by atomic mass is 10.2.